The average molecular weight is 277 g/mol. The van der Waals surface area contributed by atoms with E-state index < -0.39 is 0 Å². The lowest BCUT2D eigenvalue weighted by atomic mass is 10.1. The third-order valence-corrected chi connectivity index (χ3v) is 3.65. The van der Waals surface area contributed by atoms with Crippen LogP contribution in [0, 0.1) is 0 Å². The number of imidazole rings is 1. The summed E-state index contributed by atoms with van der Waals surface area (Å²) in [7, 11) is 0. The third kappa shape index (κ3) is 2.68. The lowest BCUT2D eigenvalue weighted by molar-refractivity contribution is 0.780. The van der Waals surface area contributed by atoms with E-state index in [0.717, 1.165) is 35.9 Å². The van der Waals surface area contributed by atoms with Crippen LogP contribution < -0.4 is 5.73 Å². The number of aromatic nitrogens is 2. The summed E-state index contributed by atoms with van der Waals surface area (Å²) in [6.45, 7) is 2.91. The summed E-state index contributed by atoms with van der Waals surface area (Å²) >= 11 is 0. The highest BCUT2D eigenvalue weighted by atomic mass is 15.1. The van der Waals surface area contributed by atoms with Crippen molar-refractivity contribution in [3.05, 3.63) is 71.9 Å². The molecule has 0 bridgehead atoms. The zero-order chi connectivity index (χ0) is 14.7. The van der Waals surface area contributed by atoms with Gasteiger partial charge in [-0.3, -0.25) is 0 Å². The summed E-state index contributed by atoms with van der Waals surface area (Å²) in [5.41, 5.74) is 9.58. The van der Waals surface area contributed by atoms with Crippen LogP contribution in [-0.4, -0.2) is 9.55 Å². The van der Waals surface area contributed by atoms with E-state index in [4.69, 9.17) is 10.7 Å². The topological polar surface area (TPSA) is 43.8 Å². The molecule has 21 heavy (non-hydrogen) atoms. The van der Waals surface area contributed by atoms with Gasteiger partial charge in [0.05, 0.1) is 5.69 Å². The van der Waals surface area contributed by atoms with Gasteiger partial charge < -0.3 is 10.3 Å². The number of hydrogen-bond donors (Lipinski definition) is 1. The van der Waals surface area contributed by atoms with Gasteiger partial charge in [-0.2, -0.15) is 0 Å². The molecule has 1 aromatic heterocycles. The van der Waals surface area contributed by atoms with E-state index in [-0.39, 0.29) is 0 Å². The Morgan fingerprint density at radius 3 is 2.19 bits per heavy atom. The van der Waals surface area contributed by atoms with Crippen LogP contribution in [0.15, 0.2) is 60.7 Å². The van der Waals surface area contributed by atoms with Crippen molar-refractivity contribution in [1.82, 2.24) is 9.55 Å². The number of nitrogens with two attached hydrogens (primary N) is 1. The lowest BCUT2D eigenvalue weighted by Gasteiger charge is -2.06. The standard InChI is InChI=1S/C18H19N3/c1-2-21-17(19)16(13-14-9-5-3-6-10-14)20-18(21)15-11-7-4-8-12-15/h3-12H,2,13,19H2,1H3. The molecule has 0 aliphatic carbocycles. The first kappa shape index (κ1) is 13.4. The molecule has 0 spiro atoms. The molecular weight excluding hydrogens is 258 g/mol. The summed E-state index contributed by atoms with van der Waals surface area (Å²) < 4.78 is 2.08. The van der Waals surface area contributed by atoms with Crippen LogP contribution in [-0.2, 0) is 13.0 Å². The normalized spacial score (nSPS) is 10.7. The van der Waals surface area contributed by atoms with Crippen molar-refractivity contribution in [2.45, 2.75) is 19.9 Å². The molecular formula is C18H19N3. The molecule has 3 nitrogen and oxygen atoms in total. The van der Waals surface area contributed by atoms with Crippen molar-refractivity contribution >= 4 is 5.82 Å². The quantitative estimate of drug-likeness (QED) is 0.789. The van der Waals surface area contributed by atoms with Gasteiger partial charge in [-0.25, -0.2) is 4.98 Å². The van der Waals surface area contributed by atoms with E-state index in [1.807, 2.05) is 36.4 Å². The van der Waals surface area contributed by atoms with Crippen LogP contribution in [0.4, 0.5) is 5.82 Å². The maximum absolute atomic E-state index is 6.30. The number of nitrogen functional groups attached to an aromatic ring is 1. The smallest absolute Gasteiger partial charge is 0.141 e. The number of hydrogen-bond acceptors (Lipinski definition) is 2. The van der Waals surface area contributed by atoms with E-state index in [0.29, 0.717) is 0 Å². The fraction of sp³-hybridized carbons (Fsp3) is 0.167. The minimum Gasteiger partial charge on any atom is -0.384 e. The predicted octanol–water partition coefficient (Wildman–Crippen LogP) is 3.74. The molecule has 3 rings (SSSR count). The molecule has 0 radical (unpaired) electrons. The van der Waals surface area contributed by atoms with Crippen molar-refractivity contribution in [3.63, 3.8) is 0 Å². The van der Waals surface area contributed by atoms with Gasteiger partial charge in [-0.1, -0.05) is 60.7 Å². The molecule has 0 fully saturated rings. The van der Waals surface area contributed by atoms with E-state index >= 15 is 0 Å². The van der Waals surface area contributed by atoms with E-state index in [1.54, 1.807) is 0 Å². The van der Waals surface area contributed by atoms with Crippen LogP contribution >= 0.6 is 0 Å². The van der Waals surface area contributed by atoms with Gasteiger partial charge in [0.1, 0.15) is 11.6 Å². The van der Waals surface area contributed by atoms with Crippen LogP contribution in [0.3, 0.4) is 0 Å². The van der Waals surface area contributed by atoms with Gasteiger partial charge >= 0.3 is 0 Å². The Balaban J connectivity index is 2.02. The first-order valence-corrected chi connectivity index (χ1v) is 7.23. The molecule has 0 unspecified atom stereocenters. The number of nitrogens with zero attached hydrogens (tertiary/aromatic N) is 2. The second-order valence-corrected chi connectivity index (χ2v) is 5.04. The van der Waals surface area contributed by atoms with Gasteiger partial charge in [0.15, 0.2) is 0 Å². The molecule has 0 amide bonds. The highest BCUT2D eigenvalue weighted by molar-refractivity contribution is 5.60. The molecule has 0 atom stereocenters. The Morgan fingerprint density at radius 1 is 0.952 bits per heavy atom. The van der Waals surface area contributed by atoms with Gasteiger partial charge in [0, 0.05) is 18.5 Å². The Kier molecular flexibility index (Phi) is 3.73. The second kappa shape index (κ2) is 5.83. The maximum atomic E-state index is 6.30. The van der Waals surface area contributed by atoms with Crippen molar-refractivity contribution in [3.8, 4) is 11.4 Å². The van der Waals surface area contributed by atoms with Crippen LogP contribution in [0.5, 0.6) is 0 Å². The van der Waals surface area contributed by atoms with Gasteiger partial charge in [0.2, 0.25) is 0 Å². The first-order valence-electron chi connectivity index (χ1n) is 7.23. The molecule has 0 aliphatic rings. The summed E-state index contributed by atoms with van der Waals surface area (Å²) in [5, 5.41) is 0. The fourth-order valence-corrected chi connectivity index (χ4v) is 2.56. The van der Waals surface area contributed by atoms with Gasteiger partial charge in [-0.15, -0.1) is 0 Å². The van der Waals surface area contributed by atoms with Crippen LogP contribution in [0.1, 0.15) is 18.2 Å². The van der Waals surface area contributed by atoms with E-state index in [1.165, 1.54) is 5.56 Å². The summed E-state index contributed by atoms with van der Waals surface area (Å²) in [5.74, 6) is 1.71. The van der Waals surface area contributed by atoms with E-state index in [9.17, 15) is 0 Å². The monoisotopic (exact) mass is 277 g/mol. The molecule has 3 heteroatoms. The fourth-order valence-electron chi connectivity index (χ4n) is 2.56. The largest absolute Gasteiger partial charge is 0.384 e. The Bertz CT molecular complexity index is 715. The first-order chi connectivity index (χ1) is 10.3. The van der Waals surface area contributed by atoms with Crippen molar-refractivity contribution in [2.75, 3.05) is 5.73 Å². The van der Waals surface area contributed by atoms with E-state index in [2.05, 4.69) is 35.8 Å². The number of anilines is 1. The third-order valence-electron chi connectivity index (χ3n) is 3.65. The lowest BCUT2D eigenvalue weighted by Crippen LogP contribution is -2.03. The van der Waals surface area contributed by atoms with Crippen molar-refractivity contribution < 1.29 is 0 Å². The molecule has 3 aromatic rings. The molecule has 0 aliphatic heterocycles. The minimum absolute atomic E-state index is 0.763. The summed E-state index contributed by atoms with van der Waals surface area (Å²) in [4.78, 5) is 4.78. The van der Waals surface area contributed by atoms with Gasteiger partial charge in [-0.05, 0) is 12.5 Å². The van der Waals surface area contributed by atoms with Crippen LogP contribution in [0.2, 0.25) is 0 Å². The molecule has 2 N–H and O–H groups in total. The van der Waals surface area contributed by atoms with Gasteiger partial charge in [0.25, 0.3) is 0 Å². The zero-order valence-corrected chi connectivity index (χ0v) is 12.2. The summed E-state index contributed by atoms with van der Waals surface area (Å²) in [6, 6.07) is 20.5. The molecule has 2 aromatic carbocycles. The predicted molar refractivity (Wildman–Crippen MR) is 87.0 cm³/mol. The number of rotatable bonds is 4. The maximum Gasteiger partial charge on any atom is 0.141 e. The molecule has 1 heterocycles. The second-order valence-electron chi connectivity index (χ2n) is 5.04. The Morgan fingerprint density at radius 2 is 1.57 bits per heavy atom. The highest BCUT2D eigenvalue weighted by Crippen LogP contribution is 2.25. The molecule has 0 saturated carbocycles. The Labute approximate surface area is 125 Å². The number of benzene rings is 2. The van der Waals surface area contributed by atoms with Crippen molar-refractivity contribution in [1.29, 1.82) is 0 Å². The zero-order valence-electron chi connectivity index (χ0n) is 12.2. The minimum atomic E-state index is 0.763. The SMILES string of the molecule is CCn1c(-c2ccccc2)nc(Cc2ccccc2)c1N. The average Bonchev–Trinajstić information content (AvgIpc) is 2.85. The van der Waals surface area contributed by atoms with Crippen LogP contribution in [0.25, 0.3) is 11.4 Å². The molecule has 0 saturated heterocycles. The summed E-state index contributed by atoms with van der Waals surface area (Å²) in [6.07, 6.45) is 0.763. The van der Waals surface area contributed by atoms with Crippen molar-refractivity contribution in [2.24, 2.45) is 0 Å². The molecule has 106 valence electrons. The Hall–Kier alpha value is -2.55. The highest BCUT2D eigenvalue weighted by Gasteiger charge is 2.15.